The molecule has 1 aliphatic heterocycles. The van der Waals surface area contributed by atoms with Gasteiger partial charge >= 0.3 is 0 Å². The molecule has 0 unspecified atom stereocenters. The van der Waals surface area contributed by atoms with E-state index in [4.69, 9.17) is 4.74 Å². The highest BCUT2D eigenvalue weighted by Gasteiger charge is 2.53. The first-order valence-electron chi connectivity index (χ1n) is 25.1. The molecular formula is C70H43NO. The van der Waals surface area contributed by atoms with Crippen LogP contribution in [0.5, 0.6) is 11.5 Å². The first-order chi connectivity index (χ1) is 35.7. The van der Waals surface area contributed by atoms with Crippen molar-refractivity contribution in [2.24, 2.45) is 0 Å². The summed E-state index contributed by atoms with van der Waals surface area (Å²) in [6, 6.07) is 96.9. The molecule has 12 aromatic rings. The SMILES string of the molecule is c1ccc(N(c2ccc(-c3ccc4c(c3)-c3ccccc3C43c4ccc5ccccc5c4Oc4c3ccc3ccccc43)cc2)c2cccc3c2-c2ccccc2C32c3ccccc3-c3ccccc32)cc1. The average molecular weight is 914 g/mol. The van der Waals surface area contributed by atoms with Crippen LogP contribution in [0.4, 0.5) is 17.1 Å². The van der Waals surface area contributed by atoms with E-state index in [2.05, 4.69) is 266 Å². The van der Waals surface area contributed by atoms with E-state index in [-0.39, 0.29) is 0 Å². The van der Waals surface area contributed by atoms with Gasteiger partial charge < -0.3 is 9.64 Å². The molecule has 72 heavy (non-hydrogen) atoms. The van der Waals surface area contributed by atoms with Gasteiger partial charge in [0.2, 0.25) is 0 Å². The largest absolute Gasteiger partial charge is 0.455 e. The highest BCUT2D eigenvalue weighted by molar-refractivity contribution is 6.03. The Hall–Kier alpha value is -9.24. The van der Waals surface area contributed by atoms with Crippen LogP contribution in [0.15, 0.2) is 261 Å². The Labute approximate surface area is 418 Å². The van der Waals surface area contributed by atoms with Gasteiger partial charge in [-0.3, -0.25) is 0 Å². The minimum atomic E-state index is -0.586. The van der Waals surface area contributed by atoms with Crippen LogP contribution >= 0.6 is 0 Å². The summed E-state index contributed by atoms with van der Waals surface area (Å²) in [6.07, 6.45) is 0. The maximum absolute atomic E-state index is 7.20. The number of rotatable bonds is 4. The van der Waals surface area contributed by atoms with Crippen molar-refractivity contribution in [1.82, 2.24) is 0 Å². The Balaban J connectivity index is 0.863. The molecule has 2 spiro atoms. The lowest BCUT2D eigenvalue weighted by Crippen LogP contribution is -2.32. The topological polar surface area (TPSA) is 12.5 Å². The summed E-state index contributed by atoms with van der Waals surface area (Å²) in [6.45, 7) is 0. The number of hydrogen-bond donors (Lipinski definition) is 0. The minimum absolute atomic E-state index is 0.428. The lowest BCUT2D eigenvalue weighted by atomic mass is 9.65. The predicted molar refractivity (Wildman–Crippen MR) is 295 cm³/mol. The fourth-order valence-corrected chi connectivity index (χ4v) is 13.7. The number of para-hydroxylation sites is 1. The molecule has 0 atom stereocenters. The van der Waals surface area contributed by atoms with Gasteiger partial charge in [0.15, 0.2) is 0 Å². The van der Waals surface area contributed by atoms with E-state index >= 15 is 0 Å². The van der Waals surface area contributed by atoms with Gasteiger partial charge in [-0.15, -0.1) is 0 Å². The van der Waals surface area contributed by atoms with E-state index < -0.39 is 10.8 Å². The normalized spacial score (nSPS) is 14.2. The molecule has 2 heteroatoms. The zero-order valence-corrected chi connectivity index (χ0v) is 39.2. The Morgan fingerprint density at radius 2 is 0.708 bits per heavy atom. The van der Waals surface area contributed by atoms with Crippen molar-refractivity contribution >= 4 is 38.6 Å². The van der Waals surface area contributed by atoms with Crippen LogP contribution in [-0.4, -0.2) is 0 Å². The van der Waals surface area contributed by atoms with Crippen LogP contribution in [0.2, 0.25) is 0 Å². The van der Waals surface area contributed by atoms with Crippen LogP contribution in [0.1, 0.15) is 44.5 Å². The zero-order chi connectivity index (χ0) is 47.1. The van der Waals surface area contributed by atoms with Gasteiger partial charge in [0.05, 0.1) is 16.5 Å². The van der Waals surface area contributed by atoms with Crippen molar-refractivity contribution < 1.29 is 4.74 Å². The molecule has 0 N–H and O–H groups in total. The Morgan fingerprint density at radius 1 is 0.278 bits per heavy atom. The maximum atomic E-state index is 7.20. The van der Waals surface area contributed by atoms with Crippen LogP contribution in [0.3, 0.4) is 0 Å². The molecule has 0 amide bonds. The molecule has 12 aromatic carbocycles. The lowest BCUT2D eigenvalue weighted by molar-refractivity contribution is 0.447. The van der Waals surface area contributed by atoms with Gasteiger partial charge in [-0.2, -0.15) is 0 Å². The monoisotopic (exact) mass is 913 g/mol. The summed E-state index contributed by atoms with van der Waals surface area (Å²) in [5.41, 5.74) is 22.7. The van der Waals surface area contributed by atoms with Crippen LogP contribution in [0, 0.1) is 0 Å². The first-order valence-corrected chi connectivity index (χ1v) is 25.1. The van der Waals surface area contributed by atoms with Crippen LogP contribution in [-0.2, 0) is 10.8 Å². The van der Waals surface area contributed by atoms with Gasteiger partial charge in [0.1, 0.15) is 11.5 Å². The summed E-state index contributed by atoms with van der Waals surface area (Å²) >= 11 is 0. The molecule has 0 aromatic heterocycles. The van der Waals surface area contributed by atoms with Crippen molar-refractivity contribution in [3.63, 3.8) is 0 Å². The van der Waals surface area contributed by atoms with Crippen molar-refractivity contribution in [3.8, 4) is 56.0 Å². The lowest BCUT2D eigenvalue weighted by Gasteiger charge is -2.40. The van der Waals surface area contributed by atoms with E-state index in [0.717, 1.165) is 39.3 Å². The van der Waals surface area contributed by atoms with Crippen molar-refractivity contribution in [2.75, 3.05) is 4.90 Å². The van der Waals surface area contributed by atoms with E-state index in [0.29, 0.717) is 0 Å². The smallest absolute Gasteiger partial charge is 0.140 e. The second-order valence-corrected chi connectivity index (χ2v) is 19.8. The van der Waals surface area contributed by atoms with Gasteiger partial charge in [-0.1, -0.05) is 224 Å². The molecule has 0 saturated heterocycles. The second kappa shape index (κ2) is 14.6. The number of benzene rings is 12. The van der Waals surface area contributed by atoms with Gasteiger partial charge in [-0.05, 0) is 119 Å². The fraction of sp³-hybridized carbons (Fsp3) is 0.0286. The number of hydrogen-bond acceptors (Lipinski definition) is 2. The molecule has 0 fully saturated rings. The van der Waals surface area contributed by atoms with E-state index in [1.807, 2.05) is 0 Å². The Kier molecular flexibility index (Phi) is 8.05. The first kappa shape index (κ1) is 39.6. The molecule has 3 aliphatic carbocycles. The average Bonchev–Trinajstić information content (AvgIpc) is 4.04. The fourth-order valence-electron chi connectivity index (χ4n) is 13.7. The summed E-state index contributed by atoms with van der Waals surface area (Å²) in [7, 11) is 0. The van der Waals surface area contributed by atoms with Crippen molar-refractivity contribution in [2.45, 2.75) is 10.8 Å². The number of fused-ring (bicyclic) bond motifs is 23. The minimum Gasteiger partial charge on any atom is -0.455 e. The van der Waals surface area contributed by atoms with Gasteiger partial charge in [-0.25, -0.2) is 0 Å². The number of ether oxygens (including phenoxy) is 1. The number of nitrogens with zero attached hydrogens (tertiary/aromatic N) is 1. The summed E-state index contributed by atoms with van der Waals surface area (Å²) in [4.78, 5) is 2.46. The predicted octanol–water partition coefficient (Wildman–Crippen LogP) is 17.9. The third-order valence-corrected chi connectivity index (χ3v) is 16.5. The highest BCUT2D eigenvalue weighted by Crippen LogP contribution is 2.66. The molecule has 2 nitrogen and oxygen atoms in total. The van der Waals surface area contributed by atoms with Gasteiger partial charge in [0, 0.05) is 38.8 Å². The molecule has 0 saturated carbocycles. The molecule has 0 radical (unpaired) electrons. The second-order valence-electron chi connectivity index (χ2n) is 19.8. The van der Waals surface area contributed by atoms with E-state index in [1.165, 1.54) is 99.8 Å². The third-order valence-electron chi connectivity index (χ3n) is 16.5. The summed E-state index contributed by atoms with van der Waals surface area (Å²) in [5, 5.41) is 4.58. The zero-order valence-electron chi connectivity index (χ0n) is 39.2. The maximum Gasteiger partial charge on any atom is 0.140 e. The molecule has 4 aliphatic rings. The van der Waals surface area contributed by atoms with Crippen molar-refractivity contribution in [1.29, 1.82) is 0 Å². The summed E-state index contributed by atoms with van der Waals surface area (Å²) < 4.78 is 7.20. The van der Waals surface area contributed by atoms with Crippen molar-refractivity contribution in [3.05, 3.63) is 305 Å². The highest BCUT2D eigenvalue weighted by atomic mass is 16.5. The van der Waals surface area contributed by atoms with E-state index in [1.54, 1.807) is 0 Å². The molecular weight excluding hydrogens is 871 g/mol. The standard InChI is InChI=1S/C70H43NO/c1-2-19-48(20-3-1)71(65-32-16-31-62-66(65)55-26-11-15-30-60(55)69(62)57-27-12-8-23-52(57)53-24-9-13-28-58(53)69)49-38-33-44(34-39-49)47-37-40-61-56(43-47)54-25-10-14-29-59(54)70(61)63-41-35-45-17-4-6-21-50(45)67(63)72-68-51-22-7-5-18-46(51)36-42-64(68)70/h1-43H. The molecule has 334 valence electrons. The summed E-state index contributed by atoms with van der Waals surface area (Å²) in [5.74, 6) is 1.87. The molecule has 1 heterocycles. The van der Waals surface area contributed by atoms with Gasteiger partial charge in [0.25, 0.3) is 0 Å². The third kappa shape index (κ3) is 5.03. The Morgan fingerprint density at radius 3 is 1.32 bits per heavy atom. The molecule has 0 bridgehead atoms. The quantitative estimate of drug-likeness (QED) is 0.174. The van der Waals surface area contributed by atoms with E-state index in [9.17, 15) is 0 Å². The number of anilines is 3. The van der Waals surface area contributed by atoms with Crippen LogP contribution < -0.4 is 9.64 Å². The molecule has 16 rings (SSSR count). The Bertz CT molecular complexity index is 4130. The van der Waals surface area contributed by atoms with Crippen LogP contribution in [0.25, 0.3) is 66.1 Å².